The molecular weight excluding hydrogens is 239 g/mol. The van der Waals surface area contributed by atoms with Crippen LogP contribution in [0.25, 0.3) is 0 Å². The van der Waals surface area contributed by atoms with Crippen LogP contribution in [0.2, 0.25) is 0 Å². The molecule has 1 aliphatic heterocycles. The third-order valence-electron chi connectivity index (χ3n) is 2.50. The number of likely N-dealkylation sites (N-methyl/N-ethyl adjacent to an activating group) is 1. The van der Waals surface area contributed by atoms with E-state index in [0.29, 0.717) is 0 Å². The van der Waals surface area contributed by atoms with Crippen LogP contribution in [-0.2, 0) is 0 Å². The van der Waals surface area contributed by atoms with Gasteiger partial charge in [-0.25, -0.2) is 0 Å². The molecule has 2 nitrogen and oxygen atoms in total. The highest BCUT2D eigenvalue weighted by Gasteiger charge is 2.26. The highest BCUT2D eigenvalue weighted by Crippen LogP contribution is 2.07. The second kappa shape index (κ2) is 3.88. The summed E-state index contributed by atoms with van der Waals surface area (Å²) in [6.07, 6.45) is 0. The van der Waals surface area contributed by atoms with E-state index in [1.54, 1.807) is 0 Å². The SMILES string of the molecule is CC1CNCC[N+]1(C)C.[I-]. The first-order chi connectivity index (χ1) is 4.13. The van der Waals surface area contributed by atoms with Gasteiger partial charge in [-0.2, -0.15) is 0 Å². The van der Waals surface area contributed by atoms with Gasteiger partial charge in [0.1, 0.15) is 0 Å². The molecule has 1 fully saturated rings. The monoisotopic (exact) mass is 256 g/mol. The van der Waals surface area contributed by atoms with Crippen LogP contribution in [0.3, 0.4) is 0 Å². The van der Waals surface area contributed by atoms with Gasteiger partial charge in [-0.3, -0.25) is 0 Å². The third kappa shape index (κ3) is 2.36. The standard InChI is InChI=1S/C7H17N2.HI/c1-7-6-8-4-5-9(7,2)3;/h7-8H,4-6H2,1-3H3;1H/q+1;/p-1. The minimum absolute atomic E-state index is 0. The van der Waals surface area contributed by atoms with E-state index >= 15 is 0 Å². The Balaban J connectivity index is 0.000000810. The highest BCUT2D eigenvalue weighted by molar-refractivity contribution is 4.61. The third-order valence-corrected chi connectivity index (χ3v) is 2.50. The fourth-order valence-electron chi connectivity index (χ4n) is 1.15. The van der Waals surface area contributed by atoms with Gasteiger partial charge in [0.15, 0.2) is 0 Å². The molecule has 0 amide bonds. The van der Waals surface area contributed by atoms with Crippen molar-refractivity contribution >= 4 is 0 Å². The molecule has 62 valence electrons. The van der Waals surface area contributed by atoms with Crippen molar-refractivity contribution in [1.29, 1.82) is 0 Å². The highest BCUT2D eigenvalue weighted by atomic mass is 127. The van der Waals surface area contributed by atoms with Crippen LogP contribution in [0, 0.1) is 0 Å². The summed E-state index contributed by atoms with van der Waals surface area (Å²) in [5.74, 6) is 0. The van der Waals surface area contributed by atoms with Crippen LogP contribution in [0.1, 0.15) is 6.92 Å². The number of halogens is 1. The fraction of sp³-hybridized carbons (Fsp3) is 1.00. The van der Waals surface area contributed by atoms with Crippen LogP contribution < -0.4 is 29.3 Å². The van der Waals surface area contributed by atoms with Crippen molar-refractivity contribution in [1.82, 2.24) is 5.32 Å². The van der Waals surface area contributed by atoms with Crippen molar-refractivity contribution in [3.63, 3.8) is 0 Å². The molecule has 0 aliphatic carbocycles. The van der Waals surface area contributed by atoms with Crippen LogP contribution in [0.4, 0.5) is 0 Å². The number of hydrogen-bond donors (Lipinski definition) is 1. The van der Waals surface area contributed by atoms with Gasteiger partial charge in [-0.1, -0.05) is 0 Å². The summed E-state index contributed by atoms with van der Waals surface area (Å²) in [5.41, 5.74) is 0. The summed E-state index contributed by atoms with van der Waals surface area (Å²) in [6.45, 7) is 5.91. The smallest absolute Gasteiger partial charge is 0.0984 e. The number of piperazine rings is 1. The van der Waals surface area contributed by atoms with E-state index in [1.165, 1.54) is 24.1 Å². The second-order valence-corrected chi connectivity index (χ2v) is 3.56. The van der Waals surface area contributed by atoms with Crippen molar-refractivity contribution in [2.45, 2.75) is 13.0 Å². The lowest BCUT2D eigenvalue weighted by molar-refractivity contribution is -0.914. The Morgan fingerprint density at radius 3 is 2.30 bits per heavy atom. The zero-order chi connectivity index (χ0) is 6.91. The van der Waals surface area contributed by atoms with E-state index in [1.807, 2.05) is 0 Å². The van der Waals surface area contributed by atoms with Gasteiger partial charge in [0.25, 0.3) is 0 Å². The Kier molecular flexibility index (Phi) is 4.13. The van der Waals surface area contributed by atoms with Crippen molar-refractivity contribution in [2.75, 3.05) is 33.7 Å². The minimum atomic E-state index is 0. The maximum Gasteiger partial charge on any atom is 0.0984 e. The average molecular weight is 256 g/mol. The predicted molar refractivity (Wildman–Crippen MR) is 39.3 cm³/mol. The Labute approximate surface area is 80.6 Å². The Morgan fingerprint density at radius 2 is 2.00 bits per heavy atom. The van der Waals surface area contributed by atoms with Gasteiger partial charge in [-0.05, 0) is 6.92 Å². The first-order valence-corrected chi connectivity index (χ1v) is 3.66. The quantitative estimate of drug-likeness (QED) is 0.361. The second-order valence-electron chi connectivity index (χ2n) is 3.56. The van der Waals surface area contributed by atoms with E-state index in [2.05, 4.69) is 26.3 Å². The molecule has 0 radical (unpaired) electrons. The summed E-state index contributed by atoms with van der Waals surface area (Å²) >= 11 is 0. The molecule has 0 spiro atoms. The molecular formula is C7H17IN2. The lowest BCUT2D eigenvalue weighted by atomic mass is 10.2. The van der Waals surface area contributed by atoms with Gasteiger partial charge in [0, 0.05) is 13.1 Å². The van der Waals surface area contributed by atoms with E-state index in [4.69, 9.17) is 0 Å². The first-order valence-electron chi connectivity index (χ1n) is 3.66. The summed E-state index contributed by atoms with van der Waals surface area (Å²) in [4.78, 5) is 0. The molecule has 0 aromatic carbocycles. The van der Waals surface area contributed by atoms with Crippen LogP contribution in [0.5, 0.6) is 0 Å². The van der Waals surface area contributed by atoms with Gasteiger partial charge in [0.05, 0.1) is 26.7 Å². The Bertz CT molecular complexity index is 104. The summed E-state index contributed by atoms with van der Waals surface area (Å²) < 4.78 is 1.17. The zero-order valence-corrected chi connectivity index (χ0v) is 9.18. The average Bonchev–Trinajstić information content (AvgIpc) is 1.77. The number of rotatable bonds is 0. The Hall–Kier alpha value is 0.650. The van der Waals surface area contributed by atoms with Gasteiger partial charge >= 0.3 is 0 Å². The summed E-state index contributed by atoms with van der Waals surface area (Å²) in [7, 11) is 4.59. The van der Waals surface area contributed by atoms with Crippen molar-refractivity contribution in [3.8, 4) is 0 Å². The van der Waals surface area contributed by atoms with Crippen molar-refractivity contribution in [3.05, 3.63) is 0 Å². The topological polar surface area (TPSA) is 12.0 Å². The van der Waals surface area contributed by atoms with E-state index in [-0.39, 0.29) is 24.0 Å². The van der Waals surface area contributed by atoms with Gasteiger partial charge in [0.2, 0.25) is 0 Å². The molecule has 0 aromatic heterocycles. The summed E-state index contributed by atoms with van der Waals surface area (Å²) in [5, 5.41) is 3.37. The van der Waals surface area contributed by atoms with E-state index in [0.717, 1.165) is 6.04 Å². The molecule has 1 atom stereocenters. The lowest BCUT2D eigenvalue weighted by Gasteiger charge is -2.40. The maximum absolute atomic E-state index is 3.37. The molecule has 0 bridgehead atoms. The van der Waals surface area contributed by atoms with Crippen molar-refractivity contribution in [2.24, 2.45) is 0 Å². The van der Waals surface area contributed by atoms with E-state index in [9.17, 15) is 0 Å². The zero-order valence-electron chi connectivity index (χ0n) is 7.02. The number of quaternary nitrogens is 1. The number of hydrogen-bond acceptors (Lipinski definition) is 1. The van der Waals surface area contributed by atoms with Crippen molar-refractivity contribution < 1.29 is 28.5 Å². The molecule has 3 heteroatoms. The van der Waals surface area contributed by atoms with Crippen LogP contribution in [0.15, 0.2) is 0 Å². The molecule has 1 rings (SSSR count). The molecule has 10 heavy (non-hydrogen) atoms. The molecule has 1 saturated heterocycles. The minimum Gasteiger partial charge on any atom is -1.00 e. The number of nitrogens with one attached hydrogen (secondary N) is 1. The van der Waals surface area contributed by atoms with Crippen LogP contribution >= 0.6 is 0 Å². The van der Waals surface area contributed by atoms with Crippen LogP contribution in [-0.4, -0.2) is 44.3 Å². The molecule has 1 heterocycles. The van der Waals surface area contributed by atoms with Gasteiger partial charge in [-0.15, -0.1) is 0 Å². The molecule has 0 aromatic rings. The molecule has 1 N–H and O–H groups in total. The maximum atomic E-state index is 3.37. The lowest BCUT2D eigenvalue weighted by Crippen LogP contribution is -3.00. The van der Waals surface area contributed by atoms with E-state index < -0.39 is 0 Å². The first kappa shape index (κ1) is 10.7. The normalized spacial score (nSPS) is 30.9. The van der Waals surface area contributed by atoms with Gasteiger partial charge < -0.3 is 33.8 Å². The fourth-order valence-corrected chi connectivity index (χ4v) is 1.15. The predicted octanol–water partition coefficient (Wildman–Crippen LogP) is -2.94. The number of nitrogens with zero attached hydrogens (tertiary/aromatic N) is 1. The summed E-state index contributed by atoms with van der Waals surface area (Å²) in [6, 6.07) is 0.777. The largest absolute Gasteiger partial charge is 1.00 e. The molecule has 1 unspecified atom stereocenters. The molecule has 1 aliphatic rings. The molecule has 0 saturated carbocycles. The Morgan fingerprint density at radius 1 is 1.40 bits per heavy atom.